The molecule has 22 heavy (non-hydrogen) atoms. The van der Waals surface area contributed by atoms with Crippen molar-refractivity contribution in [3.05, 3.63) is 35.4 Å². The second-order valence-electron chi connectivity index (χ2n) is 6.12. The quantitative estimate of drug-likeness (QED) is 0.878. The van der Waals surface area contributed by atoms with Crippen molar-refractivity contribution in [2.45, 2.75) is 50.6 Å². The van der Waals surface area contributed by atoms with Gasteiger partial charge >= 0.3 is 12.0 Å². The van der Waals surface area contributed by atoms with E-state index in [2.05, 4.69) is 23.5 Å². The number of fused-ring (bicyclic) bond motifs is 1. The molecule has 2 N–H and O–H groups in total. The molecule has 1 fully saturated rings. The molecule has 1 aromatic rings. The molecular formula is C17H22N2O3. The van der Waals surface area contributed by atoms with Crippen LogP contribution < -0.4 is 5.32 Å². The molecule has 2 amide bonds. The normalized spacial score (nSPS) is 20.1. The number of amides is 2. The molecule has 1 saturated carbocycles. The third kappa shape index (κ3) is 3.24. The fraction of sp³-hybridized carbons (Fsp3) is 0.529. The van der Waals surface area contributed by atoms with Crippen molar-refractivity contribution >= 4 is 12.0 Å². The van der Waals surface area contributed by atoms with Gasteiger partial charge in [0, 0.05) is 12.6 Å². The summed E-state index contributed by atoms with van der Waals surface area (Å²) < 4.78 is 0. The Kier molecular flexibility index (Phi) is 4.32. The molecule has 0 bridgehead atoms. The number of carboxylic acid groups (broad SMARTS) is 1. The SMILES string of the molecule is O=C(O)CCNC(=O)N(C1CC1)C1CCCc2ccccc21. The molecule has 0 aliphatic heterocycles. The second-order valence-corrected chi connectivity index (χ2v) is 6.12. The fourth-order valence-electron chi connectivity index (χ4n) is 3.30. The maximum absolute atomic E-state index is 12.5. The minimum Gasteiger partial charge on any atom is -0.481 e. The highest BCUT2D eigenvalue weighted by Crippen LogP contribution is 2.40. The van der Waals surface area contributed by atoms with Crippen LogP contribution in [0.1, 0.15) is 49.3 Å². The third-order valence-electron chi connectivity index (χ3n) is 4.46. The zero-order valence-corrected chi connectivity index (χ0v) is 12.6. The molecule has 0 spiro atoms. The maximum atomic E-state index is 12.5. The van der Waals surface area contributed by atoms with E-state index in [-0.39, 0.29) is 25.0 Å². The fourth-order valence-corrected chi connectivity index (χ4v) is 3.30. The number of hydrogen-bond donors (Lipinski definition) is 2. The van der Waals surface area contributed by atoms with Crippen molar-refractivity contribution in [1.29, 1.82) is 0 Å². The molecular weight excluding hydrogens is 280 g/mol. The number of aliphatic carboxylic acids is 1. The number of benzene rings is 1. The van der Waals surface area contributed by atoms with E-state index in [0.29, 0.717) is 6.04 Å². The summed E-state index contributed by atoms with van der Waals surface area (Å²) in [6, 6.07) is 8.67. The van der Waals surface area contributed by atoms with E-state index >= 15 is 0 Å². The zero-order chi connectivity index (χ0) is 15.5. The van der Waals surface area contributed by atoms with E-state index in [1.165, 1.54) is 11.1 Å². The second kappa shape index (κ2) is 6.38. The van der Waals surface area contributed by atoms with Crippen molar-refractivity contribution in [2.24, 2.45) is 0 Å². The van der Waals surface area contributed by atoms with Crippen LogP contribution in [0.15, 0.2) is 24.3 Å². The van der Waals surface area contributed by atoms with E-state index in [4.69, 9.17) is 5.11 Å². The first-order valence-corrected chi connectivity index (χ1v) is 8.02. The minimum absolute atomic E-state index is 0.0362. The Balaban J connectivity index is 1.74. The zero-order valence-electron chi connectivity index (χ0n) is 12.6. The highest BCUT2D eigenvalue weighted by molar-refractivity contribution is 5.76. The first-order valence-electron chi connectivity index (χ1n) is 8.02. The van der Waals surface area contributed by atoms with Crippen LogP contribution in [0, 0.1) is 0 Å². The summed E-state index contributed by atoms with van der Waals surface area (Å²) in [5.74, 6) is -0.888. The maximum Gasteiger partial charge on any atom is 0.318 e. The molecule has 118 valence electrons. The van der Waals surface area contributed by atoms with E-state index in [1.54, 1.807) is 0 Å². The summed E-state index contributed by atoms with van der Waals surface area (Å²) in [4.78, 5) is 25.1. The van der Waals surface area contributed by atoms with Crippen LogP contribution in [0.4, 0.5) is 4.79 Å². The van der Waals surface area contributed by atoms with Crippen LogP contribution >= 0.6 is 0 Å². The molecule has 1 atom stereocenters. The predicted octanol–water partition coefficient (Wildman–Crippen LogP) is 2.71. The molecule has 0 aromatic heterocycles. The van der Waals surface area contributed by atoms with E-state index in [1.807, 2.05) is 11.0 Å². The molecule has 2 aliphatic rings. The van der Waals surface area contributed by atoms with Crippen LogP contribution in [-0.4, -0.2) is 34.6 Å². The number of urea groups is 1. The van der Waals surface area contributed by atoms with Gasteiger partial charge in [-0.15, -0.1) is 0 Å². The van der Waals surface area contributed by atoms with Gasteiger partial charge in [-0.2, -0.15) is 0 Å². The Morgan fingerprint density at radius 3 is 2.73 bits per heavy atom. The number of carboxylic acids is 1. The van der Waals surface area contributed by atoms with Gasteiger partial charge in [0.1, 0.15) is 0 Å². The van der Waals surface area contributed by atoms with E-state index in [0.717, 1.165) is 32.1 Å². The van der Waals surface area contributed by atoms with Gasteiger partial charge in [0.2, 0.25) is 0 Å². The average Bonchev–Trinajstić information content (AvgIpc) is 3.32. The van der Waals surface area contributed by atoms with Gasteiger partial charge in [-0.25, -0.2) is 4.79 Å². The summed E-state index contributed by atoms with van der Waals surface area (Å²) in [7, 11) is 0. The van der Waals surface area contributed by atoms with Gasteiger partial charge in [0.15, 0.2) is 0 Å². The number of nitrogens with zero attached hydrogens (tertiary/aromatic N) is 1. The number of carbonyl (C=O) groups excluding carboxylic acids is 1. The molecule has 5 heteroatoms. The highest BCUT2D eigenvalue weighted by Gasteiger charge is 2.39. The van der Waals surface area contributed by atoms with E-state index in [9.17, 15) is 9.59 Å². The first kappa shape index (κ1) is 14.9. The Morgan fingerprint density at radius 1 is 1.23 bits per heavy atom. The van der Waals surface area contributed by atoms with E-state index < -0.39 is 5.97 Å². The summed E-state index contributed by atoms with van der Waals surface area (Å²) in [5.41, 5.74) is 2.59. The summed E-state index contributed by atoms with van der Waals surface area (Å²) in [5, 5.41) is 11.5. The third-order valence-corrected chi connectivity index (χ3v) is 4.46. The lowest BCUT2D eigenvalue weighted by Gasteiger charge is -2.36. The summed E-state index contributed by atoms with van der Waals surface area (Å²) >= 11 is 0. The van der Waals surface area contributed by atoms with Gasteiger partial charge in [-0.05, 0) is 43.2 Å². The minimum atomic E-state index is -0.888. The molecule has 5 nitrogen and oxygen atoms in total. The Labute approximate surface area is 130 Å². The lowest BCUT2D eigenvalue weighted by molar-refractivity contribution is -0.136. The van der Waals surface area contributed by atoms with Crippen molar-refractivity contribution in [1.82, 2.24) is 10.2 Å². The Morgan fingerprint density at radius 2 is 2.00 bits per heavy atom. The Hall–Kier alpha value is -2.04. The predicted molar refractivity (Wildman–Crippen MR) is 82.6 cm³/mol. The molecule has 1 unspecified atom stereocenters. The van der Waals surface area contributed by atoms with Crippen LogP contribution in [0.25, 0.3) is 0 Å². The molecule has 0 radical (unpaired) electrons. The topological polar surface area (TPSA) is 69.6 Å². The standard InChI is InChI=1S/C17H22N2O3/c20-16(21)10-11-18-17(22)19(13-8-9-13)15-7-3-5-12-4-1-2-6-14(12)15/h1-2,4,6,13,15H,3,5,7-11H2,(H,18,22)(H,20,21). The van der Waals surface area contributed by atoms with Crippen molar-refractivity contribution in [3.8, 4) is 0 Å². The van der Waals surface area contributed by atoms with Gasteiger partial charge < -0.3 is 15.3 Å². The van der Waals surface area contributed by atoms with Gasteiger partial charge in [-0.1, -0.05) is 24.3 Å². The number of aryl methyl sites for hydroxylation is 1. The van der Waals surface area contributed by atoms with Crippen LogP contribution in [0.3, 0.4) is 0 Å². The summed E-state index contributed by atoms with van der Waals surface area (Å²) in [6.07, 6.45) is 5.21. The largest absolute Gasteiger partial charge is 0.481 e. The van der Waals surface area contributed by atoms with Crippen LogP contribution in [0.5, 0.6) is 0 Å². The number of nitrogens with one attached hydrogen (secondary N) is 1. The highest BCUT2D eigenvalue weighted by atomic mass is 16.4. The average molecular weight is 302 g/mol. The number of carbonyl (C=O) groups is 2. The lowest BCUT2D eigenvalue weighted by atomic mass is 9.87. The van der Waals surface area contributed by atoms with Gasteiger partial charge in [0.05, 0.1) is 12.5 Å². The molecule has 0 saturated heterocycles. The molecule has 3 rings (SSSR count). The smallest absolute Gasteiger partial charge is 0.318 e. The van der Waals surface area contributed by atoms with Crippen LogP contribution in [-0.2, 0) is 11.2 Å². The lowest BCUT2D eigenvalue weighted by Crippen LogP contribution is -2.45. The van der Waals surface area contributed by atoms with Crippen molar-refractivity contribution in [2.75, 3.05) is 6.54 Å². The molecule has 2 aliphatic carbocycles. The number of hydrogen-bond acceptors (Lipinski definition) is 2. The van der Waals surface area contributed by atoms with Crippen LogP contribution in [0.2, 0.25) is 0 Å². The number of rotatable bonds is 5. The van der Waals surface area contributed by atoms with Gasteiger partial charge in [0.25, 0.3) is 0 Å². The first-order chi connectivity index (χ1) is 10.7. The molecule has 0 heterocycles. The van der Waals surface area contributed by atoms with Crippen molar-refractivity contribution in [3.63, 3.8) is 0 Å². The molecule has 1 aromatic carbocycles. The van der Waals surface area contributed by atoms with Crippen molar-refractivity contribution < 1.29 is 14.7 Å². The Bertz CT molecular complexity index is 569. The summed E-state index contributed by atoms with van der Waals surface area (Å²) in [6.45, 7) is 0.186. The van der Waals surface area contributed by atoms with Gasteiger partial charge in [-0.3, -0.25) is 4.79 Å². The monoisotopic (exact) mass is 302 g/mol.